The monoisotopic (exact) mass is 397 g/mol. The summed E-state index contributed by atoms with van der Waals surface area (Å²) in [6, 6.07) is 12.4. The number of aliphatic carboxylic acids is 1. The summed E-state index contributed by atoms with van der Waals surface area (Å²) in [4.78, 5) is 11.2. The van der Waals surface area contributed by atoms with Gasteiger partial charge in [-0.3, -0.25) is 0 Å². The van der Waals surface area contributed by atoms with E-state index in [1.54, 1.807) is 42.5 Å². The van der Waals surface area contributed by atoms with Crippen molar-refractivity contribution in [2.75, 3.05) is 21.3 Å². The molecule has 0 bridgehead atoms. The zero-order valence-corrected chi connectivity index (χ0v) is 17.0. The molecule has 0 aliphatic carbocycles. The van der Waals surface area contributed by atoms with E-state index in [2.05, 4.69) is 6.07 Å². The SMILES string of the molecule is COc1cc(C(C#N)=Cc2ccc(OC(C)(C)C(=O)O)cc2)cc(OC)c1OC. The van der Waals surface area contributed by atoms with Crippen LogP contribution in [0, 0.1) is 11.3 Å². The van der Waals surface area contributed by atoms with Gasteiger partial charge < -0.3 is 24.1 Å². The van der Waals surface area contributed by atoms with Gasteiger partial charge in [0.2, 0.25) is 5.75 Å². The molecule has 0 aliphatic heterocycles. The van der Waals surface area contributed by atoms with Crippen LogP contribution in [0.3, 0.4) is 0 Å². The van der Waals surface area contributed by atoms with E-state index in [0.29, 0.717) is 34.1 Å². The van der Waals surface area contributed by atoms with E-state index in [0.717, 1.165) is 5.56 Å². The Morgan fingerprint density at radius 2 is 1.59 bits per heavy atom. The first-order chi connectivity index (χ1) is 13.7. The maximum absolute atomic E-state index is 11.2. The molecular formula is C22H23NO6. The summed E-state index contributed by atoms with van der Waals surface area (Å²) in [5, 5.41) is 18.8. The van der Waals surface area contributed by atoms with Gasteiger partial charge >= 0.3 is 5.97 Å². The number of rotatable bonds is 8. The van der Waals surface area contributed by atoms with E-state index in [9.17, 15) is 10.1 Å². The van der Waals surface area contributed by atoms with Crippen LogP contribution in [0.25, 0.3) is 11.6 Å². The van der Waals surface area contributed by atoms with Gasteiger partial charge in [0.25, 0.3) is 0 Å². The van der Waals surface area contributed by atoms with Crippen LogP contribution in [-0.2, 0) is 4.79 Å². The molecule has 2 rings (SSSR count). The van der Waals surface area contributed by atoms with Crippen molar-refractivity contribution in [2.24, 2.45) is 0 Å². The number of nitrogens with zero attached hydrogens (tertiary/aromatic N) is 1. The van der Waals surface area contributed by atoms with Crippen LogP contribution in [-0.4, -0.2) is 38.0 Å². The number of carboxylic acid groups (broad SMARTS) is 1. The normalized spacial score (nSPS) is 11.4. The Morgan fingerprint density at radius 3 is 2.00 bits per heavy atom. The van der Waals surface area contributed by atoms with Crippen molar-refractivity contribution >= 4 is 17.6 Å². The second-order valence-electron chi connectivity index (χ2n) is 6.57. The summed E-state index contributed by atoms with van der Waals surface area (Å²) < 4.78 is 21.5. The van der Waals surface area contributed by atoms with E-state index in [4.69, 9.17) is 24.1 Å². The second kappa shape index (κ2) is 9.02. The van der Waals surface area contributed by atoms with Gasteiger partial charge in [0.1, 0.15) is 5.75 Å². The lowest BCUT2D eigenvalue weighted by Gasteiger charge is -2.21. The van der Waals surface area contributed by atoms with Gasteiger partial charge in [-0.1, -0.05) is 12.1 Å². The third kappa shape index (κ3) is 4.99. The number of nitriles is 1. The van der Waals surface area contributed by atoms with E-state index in [-0.39, 0.29) is 0 Å². The summed E-state index contributed by atoms with van der Waals surface area (Å²) in [5.41, 5.74) is 0.402. The molecule has 7 heteroatoms. The van der Waals surface area contributed by atoms with E-state index >= 15 is 0 Å². The van der Waals surface area contributed by atoms with Crippen LogP contribution in [0.5, 0.6) is 23.0 Å². The Labute approximate surface area is 169 Å². The molecule has 0 unspecified atom stereocenters. The number of benzene rings is 2. The van der Waals surface area contributed by atoms with Crippen LogP contribution in [0.2, 0.25) is 0 Å². The van der Waals surface area contributed by atoms with Crippen LogP contribution < -0.4 is 18.9 Å². The minimum absolute atomic E-state index is 0.392. The molecule has 7 nitrogen and oxygen atoms in total. The van der Waals surface area contributed by atoms with Gasteiger partial charge in [0.15, 0.2) is 17.1 Å². The first kappa shape index (κ1) is 21.6. The van der Waals surface area contributed by atoms with Gasteiger partial charge in [-0.15, -0.1) is 0 Å². The highest BCUT2D eigenvalue weighted by Gasteiger charge is 2.29. The van der Waals surface area contributed by atoms with Crippen molar-refractivity contribution in [1.82, 2.24) is 0 Å². The van der Waals surface area contributed by atoms with Gasteiger partial charge in [0, 0.05) is 0 Å². The van der Waals surface area contributed by atoms with Crippen LogP contribution in [0.4, 0.5) is 0 Å². The molecule has 2 aromatic rings. The fourth-order valence-electron chi connectivity index (χ4n) is 2.55. The molecule has 0 aliphatic rings. The summed E-state index contributed by atoms with van der Waals surface area (Å²) in [5.74, 6) is 0.695. The Hall–Kier alpha value is -3.66. The number of allylic oxidation sites excluding steroid dienone is 1. The minimum Gasteiger partial charge on any atom is -0.493 e. The lowest BCUT2D eigenvalue weighted by molar-refractivity contribution is -0.152. The molecule has 0 heterocycles. The van der Waals surface area contributed by atoms with E-state index < -0.39 is 11.6 Å². The number of methoxy groups -OCH3 is 3. The first-order valence-electron chi connectivity index (χ1n) is 8.70. The first-order valence-corrected chi connectivity index (χ1v) is 8.70. The quantitative estimate of drug-likeness (QED) is 0.531. The Balaban J connectivity index is 2.38. The second-order valence-corrected chi connectivity index (χ2v) is 6.57. The highest BCUT2D eigenvalue weighted by atomic mass is 16.5. The third-order valence-corrected chi connectivity index (χ3v) is 4.18. The molecule has 0 saturated heterocycles. The van der Waals surface area contributed by atoms with Crippen LogP contribution in [0.1, 0.15) is 25.0 Å². The zero-order valence-electron chi connectivity index (χ0n) is 17.0. The van der Waals surface area contributed by atoms with Gasteiger partial charge in [-0.2, -0.15) is 5.26 Å². The Bertz CT molecular complexity index is 929. The lowest BCUT2D eigenvalue weighted by Crippen LogP contribution is -2.37. The molecule has 0 radical (unpaired) electrons. The molecule has 0 aromatic heterocycles. The van der Waals surface area contributed by atoms with E-state index in [1.165, 1.54) is 35.2 Å². The summed E-state index contributed by atoms with van der Waals surface area (Å²) in [6.07, 6.45) is 1.70. The van der Waals surface area contributed by atoms with Crippen LogP contribution in [0.15, 0.2) is 36.4 Å². The maximum Gasteiger partial charge on any atom is 0.347 e. The summed E-state index contributed by atoms with van der Waals surface area (Å²) in [6.45, 7) is 2.95. The largest absolute Gasteiger partial charge is 0.493 e. The highest BCUT2D eigenvalue weighted by molar-refractivity contribution is 5.90. The van der Waals surface area contributed by atoms with Gasteiger partial charge in [-0.05, 0) is 55.3 Å². The Kier molecular flexibility index (Phi) is 6.73. The average molecular weight is 397 g/mol. The predicted octanol–water partition coefficient (Wildman–Crippen LogP) is 4.02. The molecule has 0 spiro atoms. The molecule has 2 aromatic carbocycles. The van der Waals surface area contributed by atoms with Crippen LogP contribution >= 0.6 is 0 Å². The van der Waals surface area contributed by atoms with E-state index in [1.807, 2.05) is 0 Å². The Morgan fingerprint density at radius 1 is 1.03 bits per heavy atom. The number of hydrogen-bond acceptors (Lipinski definition) is 6. The molecule has 1 N–H and O–H groups in total. The smallest absolute Gasteiger partial charge is 0.347 e. The predicted molar refractivity (Wildman–Crippen MR) is 108 cm³/mol. The number of carboxylic acids is 1. The molecule has 29 heavy (non-hydrogen) atoms. The minimum atomic E-state index is -1.34. The average Bonchev–Trinajstić information content (AvgIpc) is 2.71. The van der Waals surface area contributed by atoms with Crippen molar-refractivity contribution < 1.29 is 28.8 Å². The highest BCUT2D eigenvalue weighted by Crippen LogP contribution is 2.40. The van der Waals surface area contributed by atoms with Crippen molar-refractivity contribution in [3.8, 4) is 29.1 Å². The number of carbonyl (C=O) groups is 1. The molecule has 152 valence electrons. The number of hydrogen-bond donors (Lipinski definition) is 1. The summed E-state index contributed by atoms with van der Waals surface area (Å²) in [7, 11) is 4.53. The van der Waals surface area contributed by atoms with Gasteiger partial charge in [-0.25, -0.2) is 4.79 Å². The standard InChI is InChI=1S/C22H23NO6/c1-22(2,21(24)25)29-17-8-6-14(7-9-17)10-16(13-23)15-11-18(26-3)20(28-5)19(12-15)27-4/h6-12H,1-5H3,(H,24,25). The molecule has 0 fully saturated rings. The summed E-state index contributed by atoms with van der Waals surface area (Å²) >= 11 is 0. The van der Waals surface area contributed by atoms with Crippen molar-refractivity contribution in [3.63, 3.8) is 0 Å². The van der Waals surface area contributed by atoms with Crippen molar-refractivity contribution in [1.29, 1.82) is 5.26 Å². The topological polar surface area (TPSA) is 98.0 Å². The molecule has 0 atom stereocenters. The fraction of sp³-hybridized carbons (Fsp3) is 0.273. The molecule has 0 saturated carbocycles. The molecular weight excluding hydrogens is 374 g/mol. The lowest BCUT2D eigenvalue weighted by atomic mass is 10.0. The number of ether oxygens (including phenoxy) is 4. The van der Waals surface area contributed by atoms with Crippen molar-refractivity contribution in [2.45, 2.75) is 19.4 Å². The van der Waals surface area contributed by atoms with Gasteiger partial charge in [0.05, 0.1) is 33.0 Å². The maximum atomic E-state index is 11.2. The zero-order chi connectivity index (χ0) is 21.6. The van der Waals surface area contributed by atoms with Crippen molar-refractivity contribution in [3.05, 3.63) is 47.5 Å². The third-order valence-electron chi connectivity index (χ3n) is 4.18. The molecule has 0 amide bonds. The fourth-order valence-corrected chi connectivity index (χ4v) is 2.55.